The van der Waals surface area contributed by atoms with Gasteiger partial charge >= 0.3 is 0 Å². The average molecular weight is 345 g/mol. The summed E-state index contributed by atoms with van der Waals surface area (Å²) in [4.78, 5) is 13.4. The maximum Gasteiger partial charge on any atom is 0.155 e. The number of fused-ring (bicyclic) bond motifs is 1. The molecule has 1 saturated carbocycles. The minimum atomic E-state index is -0.846. The number of aldehydes is 1. The maximum atomic E-state index is 11.3. The number of rotatable bonds is 6. The van der Waals surface area contributed by atoms with Crippen LogP contribution in [0.1, 0.15) is 39.0 Å². The molecule has 0 radical (unpaired) electrons. The van der Waals surface area contributed by atoms with Gasteiger partial charge in [-0.05, 0) is 31.1 Å². The van der Waals surface area contributed by atoms with Crippen molar-refractivity contribution in [3.8, 4) is 0 Å². The van der Waals surface area contributed by atoms with Crippen LogP contribution in [-0.2, 0) is 6.42 Å². The lowest BCUT2D eigenvalue weighted by Crippen LogP contribution is -2.27. The summed E-state index contributed by atoms with van der Waals surface area (Å²) in [6.45, 7) is 0. The highest BCUT2D eigenvalue weighted by molar-refractivity contribution is 7.12. The lowest BCUT2D eigenvalue weighted by Gasteiger charge is -2.25. The molecule has 7 nitrogen and oxygen atoms in total. The second-order valence-corrected chi connectivity index (χ2v) is 7.35. The Morgan fingerprint density at radius 3 is 3.08 bits per heavy atom. The molecule has 0 amide bonds. The van der Waals surface area contributed by atoms with Crippen LogP contribution >= 0.6 is 11.3 Å². The fourth-order valence-electron chi connectivity index (χ4n) is 2.77. The molecule has 1 fully saturated rings. The van der Waals surface area contributed by atoms with Gasteiger partial charge in [0.05, 0.1) is 17.8 Å². The number of thiophene rings is 1. The predicted molar refractivity (Wildman–Crippen MR) is 92.6 cm³/mol. The van der Waals surface area contributed by atoms with Crippen molar-refractivity contribution < 1.29 is 9.90 Å². The third kappa shape index (κ3) is 2.95. The molecule has 2 aliphatic rings. The standard InChI is InChI=1S/C16H19N5O2S/c17-14(23)5-11-3-4-13(24-11)12-6-15(19-10-1-2-10)21-16(20-12)9(8-22)7-18-21/h3-4,6-8,10,12,14,19-20,23H,1-2,5,17H2/t12?,14-/m0/s1. The van der Waals surface area contributed by atoms with Crippen LogP contribution in [0.3, 0.4) is 0 Å². The van der Waals surface area contributed by atoms with Gasteiger partial charge in [0, 0.05) is 22.2 Å². The fraction of sp³-hybridized carbons (Fsp3) is 0.375. The second-order valence-electron chi connectivity index (χ2n) is 6.15. The number of hydrogen-bond acceptors (Lipinski definition) is 7. The smallest absolute Gasteiger partial charge is 0.155 e. The number of aromatic nitrogens is 2. The molecular formula is C16H19N5O2S. The lowest BCUT2D eigenvalue weighted by atomic mass is 10.2. The summed E-state index contributed by atoms with van der Waals surface area (Å²) in [5, 5.41) is 20.5. The summed E-state index contributed by atoms with van der Waals surface area (Å²) >= 11 is 1.60. The zero-order valence-electron chi connectivity index (χ0n) is 13.0. The van der Waals surface area contributed by atoms with E-state index in [1.807, 2.05) is 12.1 Å². The third-order valence-corrected chi connectivity index (χ3v) is 5.29. The Morgan fingerprint density at radius 2 is 2.38 bits per heavy atom. The van der Waals surface area contributed by atoms with Gasteiger partial charge in [0.25, 0.3) is 0 Å². The molecule has 8 heteroatoms. The summed E-state index contributed by atoms with van der Waals surface area (Å²) in [7, 11) is 0. The first-order valence-electron chi connectivity index (χ1n) is 7.95. The fourth-order valence-corrected chi connectivity index (χ4v) is 3.85. The van der Waals surface area contributed by atoms with E-state index in [1.54, 1.807) is 22.2 Å². The normalized spacial score (nSPS) is 20.8. The molecule has 5 N–H and O–H groups in total. The van der Waals surface area contributed by atoms with Gasteiger partial charge in [-0.25, -0.2) is 4.68 Å². The Bertz CT molecular complexity index is 790. The monoisotopic (exact) mass is 345 g/mol. The Hall–Kier alpha value is -2.16. The zero-order valence-corrected chi connectivity index (χ0v) is 13.8. The number of hydrogen-bond donors (Lipinski definition) is 4. The molecule has 0 saturated heterocycles. The molecule has 0 aromatic carbocycles. The van der Waals surface area contributed by atoms with Gasteiger partial charge in [-0.3, -0.25) is 4.79 Å². The van der Waals surface area contributed by atoms with Gasteiger partial charge in [-0.15, -0.1) is 11.3 Å². The molecule has 4 rings (SSSR count). The SMILES string of the molecule is N[C@@H](O)Cc1ccc(C2C=C(NC3CC3)n3ncc(C=O)c3N2)s1. The molecule has 2 aromatic heterocycles. The molecule has 0 spiro atoms. The van der Waals surface area contributed by atoms with Crippen LogP contribution in [0.15, 0.2) is 24.4 Å². The largest absolute Gasteiger partial charge is 0.378 e. The van der Waals surface area contributed by atoms with E-state index in [9.17, 15) is 9.90 Å². The summed E-state index contributed by atoms with van der Waals surface area (Å²) in [6, 6.07) is 4.44. The van der Waals surface area contributed by atoms with Crippen LogP contribution in [-0.4, -0.2) is 33.4 Å². The lowest BCUT2D eigenvalue weighted by molar-refractivity contribution is 0.112. The van der Waals surface area contributed by atoms with E-state index >= 15 is 0 Å². The van der Waals surface area contributed by atoms with Crippen molar-refractivity contribution in [2.24, 2.45) is 5.73 Å². The van der Waals surface area contributed by atoms with Crippen molar-refractivity contribution in [2.45, 2.75) is 37.6 Å². The van der Waals surface area contributed by atoms with Gasteiger partial charge in [0.2, 0.25) is 0 Å². The van der Waals surface area contributed by atoms with Crippen LogP contribution in [0.2, 0.25) is 0 Å². The molecule has 3 heterocycles. The van der Waals surface area contributed by atoms with Crippen LogP contribution < -0.4 is 16.4 Å². The van der Waals surface area contributed by atoms with E-state index in [-0.39, 0.29) is 6.04 Å². The maximum absolute atomic E-state index is 11.3. The van der Waals surface area contributed by atoms with E-state index in [2.05, 4.69) is 21.8 Å². The zero-order chi connectivity index (χ0) is 16.7. The Balaban J connectivity index is 1.65. The van der Waals surface area contributed by atoms with Gasteiger partial charge in [-0.2, -0.15) is 5.10 Å². The summed E-state index contributed by atoms with van der Waals surface area (Å²) in [5.74, 6) is 1.60. The van der Waals surface area contributed by atoms with E-state index in [0.29, 0.717) is 23.8 Å². The number of carbonyl (C=O) groups is 1. The first-order valence-corrected chi connectivity index (χ1v) is 8.76. The molecule has 1 unspecified atom stereocenters. The minimum absolute atomic E-state index is 0.0529. The quantitative estimate of drug-likeness (QED) is 0.464. The summed E-state index contributed by atoms with van der Waals surface area (Å²) in [5.41, 5.74) is 6.00. The van der Waals surface area contributed by atoms with Gasteiger partial charge in [0.1, 0.15) is 17.9 Å². The van der Waals surface area contributed by atoms with Crippen molar-refractivity contribution in [3.63, 3.8) is 0 Å². The molecular weight excluding hydrogens is 326 g/mol. The number of anilines is 1. The molecule has 1 aliphatic heterocycles. The van der Waals surface area contributed by atoms with E-state index < -0.39 is 6.23 Å². The van der Waals surface area contributed by atoms with Crippen molar-refractivity contribution in [2.75, 3.05) is 5.32 Å². The number of carbonyl (C=O) groups excluding carboxylic acids is 1. The molecule has 24 heavy (non-hydrogen) atoms. The molecule has 0 bridgehead atoms. The second kappa shape index (κ2) is 6.04. The number of nitrogens with two attached hydrogens (primary N) is 1. The highest BCUT2D eigenvalue weighted by Gasteiger charge is 2.28. The van der Waals surface area contributed by atoms with Crippen LogP contribution in [0, 0.1) is 0 Å². The number of nitrogens with one attached hydrogen (secondary N) is 2. The molecule has 126 valence electrons. The topological polar surface area (TPSA) is 105 Å². The van der Waals surface area contributed by atoms with E-state index in [1.165, 1.54) is 0 Å². The Labute approximate surface area is 143 Å². The van der Waals surface area contributed by atoms with Crippen molar-refractivity contribution in [3.05, 3.63) is 39.7 Å². The van der Waals surface area contributed by atoms with Crippen LogP contribution in [0.4, 0.5) is 5.82 Å². The number of nitrogens with zero attached hydrogens (tertiary/aromatic N) is 2. The number of aliphatic hydroxyl groups excluding tert-OH is 1. The summed E-state index contributed by atoms with van der Waals surface area (Å²) < 4.78 is 1.75. The third-order valence-electron chi connectivity index (χ3n) is 4.10. The van der Waals surface area contributed by atoms with Gasteiger partial charge in [-0.1, -0.05) is 0 Å². The highest BCUT2D eigenvalue weighted by atomic mass is 32.1. The molecule has 2 atom stereocenters. The van der Waals surface area contributed by atoms with Crippen molar-refractivity contribution in [1.82, 2.24) is 15.1 Å². The number of aliphatic hydroxyl groups is 1. The first kappa shape index (κ1) is 15.4. The van der Waals surface area contributed by atoms with Gasteiger partial charge < -0.3 is 21.5 Å². The average Bonchev–Trinajstić information content (AvgIpc) is 3.08. The van der Waals surface area contributed by atoms with Crippen LogP contribution in [0.25, 0.3) is 5.82 Å². The van der Waals surface area contributed by atoms with Crippen molar-refractivity contribution in [1.29, 1.82) is 0 Å². The van der Waals surface area contributed by atoms with E-state index in [0.717, 1.165) is 34.7 Å². The molecule has 2 aromatic rings. The van der Waals surface area contributed by atoms with Crippen molar-refractivity contribution >= 4 is 29.3 Å². The Kier molecular flexibility index (Phi) is 3.87. The first-order chi connectivity index (χ1) is 11.6. The van der Waals surface area contributed by atoms with Gasteiger partial charge in [0.15, 0.2) is 6.29 Å². The minimum Gasteiger partial charge on any atom is -0.378 e. The van der Waals surface area contributed by atoms with Crippen LogP contribution in [0.5, 0.6) is 0 Å². The molecule has 1 aliphatic carbocycles. The Morgan fingerprint density at radius 1 is 1.54 bits per heavy atom. The predicted octanol–water partition coefficient (Wildman–Crippen LogP) is 1.29. The van der Waals surface area contributed by atoms with E-state index in [4.69, 9.17) is 5.73 Å². The highest BCUT2D eigenvalue weighted by Crippen LogP contribution is 2.35. The summed E-state index contributed by atoms with van der Waals surface area (Å²) in [6.07, 6.45) is 6.38.